The molecule has 1 spiro atoms. The third-order valence-corrected chi connectivity index (χ3v) is 13.6. The van der Waals surface area contributed by atoms with Gasteiger partial charge in [-0.3, -0.25) is 0 Å². The predicted molar refractivity (Wildman–Crippen MR) is 261 cm³/mol. The molecule has 1 heteroatoms. The van der Waals surface area contributed by atoms with Gasteiger partial charge >= 0.3 is 0 Å². The lowest BCUT2D eigenvalue weighted by molar-refractivity contribution is 0.623. The molecule has 0 fully saturated rings. The maximum atomic E-state index is 2.41. The molecule has 2 aliphatic carbocycles. The summed E-state index contributed by atoms with van der Waals surface area (Å²) < 4.78 is 0. The van der Waals surface area contributed by atoms with E-state index in [4.69, 9.17) is 0 Å². The molecule has 0 bridgehead atoms. The quantitative estimate of drug-likeness (QED) is 0.155. The van der Waals surface area contributed by atoms with Crippen molar-refractivity contribution < 1.29 is 0 Å². The van der Waals surface area contributed by atoms with Crippen LogP contribution in [-0.4, -0.2) is 0 Å². The number of anilines is 3. The van der Waals surface area contributed by atoms with Crippen LogP contribution in [0.3, 0.4) is 0 Å². The third kappa shape index (κ3) is 5.50. The Morgan fingerprint density at radius 2 is 0.587 bits per heavy atom. The van der Waals surface area contributed by atoms with Crippen LogP contribution in [0.15, 0.2) is 261 Å². The van der Waals surface area contributed by atoms with Gasteiger partial charge in [-0.1, -0.05) is 224 Å². The number of hydrogen-bond acceptors (Lipinski definition) is 1. The number of benzene rings is 10. The number of rotatable bonds is 7. The van der Waals surface area contributed by atoms with Crippen molar-refractivity contribution in [3.8, 4) is 33.4 Å². The van der Waals surface area contributed by atoms with E-state index < -0.39 is 10.8 Å². The maximum absolute atomic E-state index is 2.41. The van der Waals surface area contributed by atoms with Gasteiger partial charge in [-0.2, -0.15) is 0 Å². The lowest BCUT2D eigenvalue weighted by Gasteiger charge is -2.50. The molecular weight excluding hydrogens is 759 g/mol. The summed E-state index contributed by atoms with van der Waals surface area (Å²) in [6.07, 6.45) is 0. The van der Waals surface area contributed by atoms with Gasteiger partial charge in [0.1, 0.15) is 0 Å². The second-order valence-electron chi connectivity index (χ2n) is 16.7. The standard InChI is InChI=1S/C62H43N/c1-5-20-44(21-6-1)45-36-40-50(41-37-45)63(49-26-11-4-12-27-49)51-42-38-46(39-43-51)52-29-19-35-59-60(52)53-28-13-14-30-54(53)62(59)57-33-17-15-31-55(57)61(47-22-7-2-8-23-47,48-24-9-3-10-25-48)56-32-16-18-34-58(56)62/h1-43H. The summed E-state index contributed by atoms with van der Waals surface area (Å²) in [4.78, 5) is 2.35. The second kappa shape index (κ2) is 14.9. The van der Waals surface area contributed by atoms with E-state index in [0.29, 0.717) is 0 Å². The smallest absolute Gasteiger partial charge is 0.0720 e. The Morgan fingerprint density at radius 1 is 0.222 bits per heavy atom. The number of hydrogen-bond donors (Lipinski definition) is 0. The molecule has 12 rings (SSSR count). The molecule has 0 radical (unpaired) electrons. The Bertz CT molecular complexity index is 3160. The summed E-state index contributed by atoms with van der Waals surface area (Å²) in [5, 5.41) is 0. The highest BCUT2D eigenvalue weighted by atomic mass is 15.1. The van der Waals surface area contributed by atoms with Gasteiger partial charge < -0.3 is 4.90 Å². The van der Waals surface area contributed by atoms with Gasteiger partial charge in [0.2, 0.25) is 0 Å². The fourth-order valence-electron chi connectivity index (χ4n) is 11.1. The van der Waals surface area contributed by atoms with Gasteiger partial charge in [0.25, 0.3) is 0 Å². The minimum Gasteiger partial charge on any atom is -0.311 e. The van der Waals surface area contributed by atoms with E-state index in [2.05, 4.69) is 266 Å². The van der Waals surface area contributed by atoms with Gasteiger partial charge in [-0.05, 0) is 114 Å². The highest BCUT2D eigenvalue weighted by molar-refractivity contribution is 5.97. The predicted octanol–water partition coefficient (Wildman–Crippen LogP) is 15.5. The summed E-state index contributed by atoms with van der Waals surface area (Å²) in [6.45, 7) is 0. The van der Waals surface area contributed by atoms with Crippen LogP contribution in [0.25, 0.3) is 33.4 Å². The monoisotopic (exact) mass is 801 g/mol. The molecule has 2 aliphatic rings. The fraction of sp³-hybridized carbons (Fsp3) is 0.0323. The Labute approximate surface area is 369 Å². The normalized spacial score (nSPS) is 13.7. The molecule has 0 heterocycles. The molecule has 0 N–H and O–H groups in total. The average molecular weight is 802 g/mol. The molecule has 0 saturated heterocycles. The van der Waals surface area contributed by atoms with E-state index in [1.165, 1.54) is 77.9 Å². The van der Waals surface area contributed by atoms with Gasteiger partial charge in [-0.25, -0.2) is 0 Å². The van der Waals surface area contributed by atoms with Crippen LogP contribution in [0, 0.1) is 0 Å². The van der Waals surface area contributed by atoms with Gasteiger partial charge in [-0.15, -0.1) is 0 Å². The Balaban J connectivity index is 1.04. The SMILES string of the molecule is c1ccc(-c2ccc(N(c3ccccc3)c3ccc(-c4cccc5c4-c4ccccc4C54c5ccccc5C(c5ccccc5)(c5ccccc5)c5ccccc54)cc3)cc2)cc1. The molecule has 0 aromatic heterocycles. The summed E-state index contributed by atoms with van der Waals surface area (Å²) in [7, 11) is 0. The zero-order valence-corrected chi connectivity index (χ0v) is 34.8. The molecule has 63 heavy (non-hydrogen) atoms. The van der Waals surface area contributed by atoms with E-state index >= 15 is 0 Å². The van der Waals surface area contributed by atoms with Crippen molar-refractivity contribution in [3.63, 3.8) is 0 Å². The Kier molecular flexibility index (Phi) is 8.69. The van der Waals surface area contributed by atoms with E-state index in [9.17, 15) is 0 Å². The molecule has 10 aromatic carbocycles. The minimum atomic E-state index is -0.544. The van der Waals surface area contributed by atoms with Crippen molar-refractivity contribution in [2.75, 3.05) is 4.90 Å². The lowest BCUT2D eigenvalue weighted by Crippen LogP contribution is -2.44. The lowest BCUT2D eigenvalue weighted by atomic mass is 9.51. The maximum Gasteiger partial charge on any atom is 0.0720 e. The molecule has 10 aromatic rings. The number of nitrogens with zero attached hydrogens (tertiary/aromatic N) is 1. The zero-order valence-electron chi connectivity index (χ0n) is 34.8. The highest BCUT2D eigenvalue weighted by Crippen LogP contribution is 2.65. The largest absolute Gasteiger partial charge is 0.311 e. The van der Waals surface area contributed by atoms with Crippen LogP contribution in [0.2, 0.25) is 0 Å². The molecule has 1 nitrogen and oxygen atoms in total. The van der Waals surface area contributed by atoms with Crippen molar-refractivity contribution in [2.24, 2.45) is 0 Å². The first-order chi connectivity index (χ1) is 31.3. The van der Waals surface area contributed by atoms with Crippen LogP contribution in [0.1, 0.15) is 44.5 Å². The highest BCUT2D eigenvalue weighted by Gasteiger charge is 2.56. The van der Waals surface area contributed by atoms with Gasteiger partial charge in [0, 0.05) is 17.1 Å². The molecule has 296 valence electrons. The number of fused-ring (bicyclic) bond motifs is 9. The fourth-order valence-corrected chi connectivity index (χ4v) is 11.1. The van der Waals surface area contributed by atoms with Gasteiger partial charge in [0.15, 0.2) is 0 Å². The summed E-state index contributed by atoms with van der Waals surface area (Å²) in [5.41, 5.74) is 20.2. The first kappa shape index (κ1) is 36.8. The van der Waals surface area contributed by atoms with E-state index in [0.717, 1.165) is 17.1 Å². The van der Waals surface area contributed by atoms with E-state index in [1.807, 2.05) is 0 Å². The van der Waals surface area contributed by atoms with Crippen LogP contribution >= 0.6 is 0 Å². The Morgan fingerprint density at radius 3 is 1.13 bits per heavy atom. The summed E-state index contributed by atoms with van der Waals surface area (Å²) in [6, 6.07) is 96.3. The molecule has 0 unspecified atom stereocenters. The van der Waals surface area contributed by atoms with Crippen molar-refractivity contribution in [1.29, 1.82) is 0 Å². The topological polar surface area (TPSA) is 3.24 Å². The minimum absolute atomic E-state index is 0.529. The molecule has 0 amide bonds. The first-order valence-corrected chi connectivity index (χ1v) is 21.9. The van der Waals surface area contributed by atoms with Crippen LogP contribution in [-0.2, 0) is 10.8 Å². The average Bonchev–Trinajstić information content (AvgIpc) is 3.67. The third-order valence-electron chi connectivity index (χ3n) is 13.6. The van der Waals surface area contributed by atoms with Crippen molar-refractivity contribution in [2.45, 2.75) is 10.8 Å². The Hall–Kier alpha value is -8.00. The van der Waals surface area contributed by atoms with Crippen LogP contribution in [0.5, 0.6) is 0 Å². The van der Waals surface area contributed by atoms with Crippen molar-refractivity contribution >= 4 is 17.1 Å². The molecular formula is C62H43N. The van der Waals surface area contributed by atoms with Crippen molar-refractivity contribution in [3.05, 3.63) is 305 Å². The molecule has 0 atom stereocenters. The van der Waals surface area contributed by atoms with Crippen molar-refractivity contribution in [1.82, 2.24) is 0 Å². The summed E-state index contributed by atoms with van der Waals surface area (Å²) >= 11 is 0. The first-order valence-electron chi connectivity index (χ1n) is 21.9. The van der Waals surface area contributed by atoms with Crippen LogP contribution in [0.4, 0.5) is 17.1 Å². The van der Waals surface area contributed by atoms with Crippen LogP contribution < -0.4 is 4.90 Å². The number of para-hydroxylation sites is 1. The summed E-state index contributed by atoms with van der Waals surface area (Å²) in [5.74, 6) is 0. The van der Waals surface area contributed by atoms with Gasteiger partial charge in [0.05, 0.1) is 10.8 Å². The zero-order chi connectivity index (χ0) is 41.8. The molecule has 0 saturated carbocycles. The molecule has 0 aliphatic heterocycles. The van der Waals surface area contributed by atoms with E-state index in [-0.39, 0.29) is 0 Å². The van der Waals surface area contributed by atoms with E-state index in [1.54, 1.807) is 0 Å². The second-order valence-corrected chi connectivity index (χ2v) is 16.7.